The molecular weight excluding hydrogens is 236 g/mol. The van der Waals surface area contributed by atoms with Crippen LogP contribution in [0.2, 0.25) is 0 Å². The fourth-order valence-electron chi connectivity index (χ4n) is 3.86. The third kappa shape index (κ3) is 1.88. The molecule has 3 heterocycles. The number of nitrogens with one attached hydrogen (secondary N) is 1. The monoisotopic (exact) mass is 256 g/mol. The van der Waals surface area contributed by atoms with E-state index < -0.39 is 0 Å². The molecule has 3 aliphatic rings. The Morgan fingerprint density at radius 1 is 1.21 bits per heavy atom. The van der Waals surface area contributed by atoms with Crippen molar-refractivity contribution in [1.82, 2.24) is 5.32 Å². The Balaban J connectivity index is 1.67. The zero-order chi connectivity index (χ0) is 12.8. The minimum atomic E-state index is 0.316. The number of hydrogen-bond acceptors (Lipinski definition) is 2. The Bertz CT molecular complexity index is 532. The van der Waals surface area contributed by atoms with Crippen LogP contribution in [0.5, 0.6) is 0 Å². The van der Waals surface area contributed by atoms with Crippen molar-refractivity contribution in [3.05, 3.63) is 28.8 Å². The maximum Gasteiger partial charge on any atom is 0.227 e. The second-order valence-corrected chi connectivity index (χ2v) is 6.06. The Morgan fingerprint density at radius 3 is 2.84 bits per heavy atom. The van der Waals surface area contributed by atoms with Crippen LogP contribution in [0.25, 0.3) is 0 Å². The minimum absolute atomic E-state index is 0.316. The fourth-order valence-corrected chi connectivity index (χ4v) is 3.86. The summed E-state index contributed by atoms with van der Waals surface area (Å²) in [6.07, 6.45) is 6.43. The van der Waals surface area contributed by atoms with Gasteiger partial charge in [-0.15, -0.1) is 0 Å². The summed E-state index contributed by atoms with van der Waals surface area (Å²) in [6, 6.07) is 5.36. The van der Waals surface area contributed by atoms with Gasteiger partial charge in [0.25, 0.3) is 0 Å². The molecule has 3 heteroatoms. The lowest BCUT2D eigenvalue weighted by Crippen LogP contribution is -2.33. The van der Waals surface area contributed by atoms with Crippen molar-refractivity contribution in [2.45, 2.75) is 44.6 Å². The van der Waals surface area contributed by atoms with Gasteiger partial charge in [-0.25, -0.2) is 0 Å². The molecule has 1 amide bonds. The van der Waals surface area contributed by atoms with Crippen molar-refractivity contribution in [2.75, 3.05) is 18.0 Å². The smallest absolute Gasteiger partial charge is 0.227 e. The number of amides is 1. The summed E-state index contributed by atoms with van der Waals surface area (Å²) in [5.41, 5.74) is 5.52. The zero-order valence-electron chi connectivity index (χ0n) is 11.2. The van der Waals surface area contributed by atoms with Crippen molar-refractivity contribution in [1.29, 1.82) is 0 Å². The van der Waals surface area contributed by atoms with E-state index in [4.69, 9.17) is 0 Å². The van der Waals surface area contributed by atoms with Crippen LogP contribution in [-0.2, 0) is 24.1 Å². The van der Waals surface area contributed by atoms with Crippen LogP contribution in [0.3, 0.4) is 0 Å². The van der Waals surface area contributed by atoms with Gasteiger partial charge in [-0.05, 0) is 55.3 Å². The molecule has 3 nitrogen and oxygen atoms in total. The minimum Gasteiger partial charge on any atom is -0.314 e. The predicted octanol–water partition coefficient (Wildman–Crippen LogP) is 1.82. The van der Waals surface area contributed by atoms with Crippen molar-refractivity contribution in [2.24, 2.45) is 0 Å². The van der Waals surface area contributed by atoms with Gasteiger partial charge in [0, 0.05) is 19.0 Å². The van der Waals surface area contributed by atoms with E-state index in [9.17, 15) is 4.79 Å². The average Bonchev–Trinajstić information content (AvgIpc) is 3.04. The van der Waals surface area contributed by atoms with E-state index in [1.165, 1.54) is 41.8 Å². The molecule has 19 heavy (non-hydrogen) atoms. The zero-order valence-corrected chi connectivity index (χ0v) is 11.2. The topological polar surface area (TPSA) is 32.3 Å². The van der Waals surface area contributed by atoms with Crippen LogP contribution in [0.4, 0.5) is 5.69 Å². The van der Waals surface area contributed by atoms with E-state index in [1.807, 2.05) is 4.90 Å². The fraction of sp³-hybridized carbons (Fsp3) is 0.562. The molecule has 1 atom stereocenters. The van der Waals surface area contributed by atoms with E-state index in [0.717, 1.165) is 25.8 Å². The van der Waals surface area contributed by atoms with Crippen molar-refractivity contribution in [3.8, 4) is 0 Å². The van der Waals surface area contributed by atoms with Gasteiger partial charge in [0.05, 0.1) is 5.69 Å². The van der Waals surface area contributed by atoms with E-state index in [0.29, 0.717) is 18.4 Å². The van der Waals surface area contributed by atoms with Crippen molar-refractivity contribution in [3.63, 3.8) is 0 Å². The number of aryl methyl sites for hydroxylation is 1. The molecule has 0 aliphatic carbocycles. The normalized spacial score (nSPS) is 24.9. The lowest BCUT2D eigenvalue weighted by molar-refractivity contribution is -0.118. The Labute approximate surface area is 114 Å². The lowest BCUT2D eigenvalue weighted by atomic mass is 9.94. The summed E-state index contributed by atoms with van der Waals surface area (Å²) < 4.78 is 0. The van der Waals surface area contributed by atoms with Crippen LogP contribution in [0, 0.1) is 0 Å². The van der Waals surface area contributed by atoms with Gasteiger partial charge in [0.15, 0.2) is 0 Å². The number of carbonyl (C=O) groups is 1. The van der Waals surface area contributed by atoms with Crippen LogP contribution in [0.15, 0.2) is 12.1 Å². The number of nitrogens with zero attached hydrogens (tertiary/aromatic N) is 1. The molecule has 1 saturated heterocycles. The third-order valence-electron chi connectivity index (χ3n) is 4.76. The molecule has 0 bridgehead atoms. The summed E-state index contributed by atoms with van der Waals surface area (Å²) >= 11 is 0. The molecule has 0 radical (unpaired) electrons. The summed E-state index contributed by atoms with van der Waals surface area (Å²) in [6.45, 7) is 2.07. The molecule has 4 rings (SSSR count). The first kappa shape index (κ1) is 11.5. The molecule has 0 saturated carbocycles. The first-order valence-electron chi connectivity index (χ1n) is 7.50. The average molecular weight is 256 g/mol. The van der Waals surface area contributed by atoms with E-state index in [1.54, 1.807) is 0 Å². The molecular formula is C16H20N2O. The molecule has 1 unspecified atom stereocenters. The van der Waals surface area contributed by atoms with Gasteiger partial charge in [0.2, 0.25) is 5.91 Å². The first-order chi connectivity index (χ1) is 9.31. The highest BCUT2D eigenvalue weighted by Gasteiger charge is 2.31. The quantitative estimate of drug-likeness (QED) is 0.875. The Hall–Kier alpha value is -1.35. The largest absolute Gasteiger partial charge is 0.314 e. The summed E-state index contributed by atoms with van der Waals surface area (Å²) in [4.78, 5) is 13.9. The summed E-state index contributed by atoms with van der Waals surface area (Å²) in [5, 5.41) is 3.58. The lowest BCUT2D eigenvalue weighted by Gasteiger charge is -2.26. The van der Waals surface area contributed by atoms with Gasteiger partial charge >= 0.3 is 0 Å². The first-order valence-corrected chi connectivity index (χ1v) is 7.50. The Kier molecular flexibility index (Phi) is 2.62. The highest BCUT2D eigenvalue weighted by Crippen LogP contribution is 2.37. The second kappa shape index (κ2) is 4.34. The van der Waals surface area contributed by atoms with Crippen molar-refractivity contribution >= 4 is 11.6 Å². The maximum atomic E-state index is 11.9. The van der Waals surface area contributed by atoms with Gasteiger partial charge < -0.3 is 10.2 Å². The highest BCUT2D eigenvalue weighted by molar-refractivity contribution is 5.98. The van der Waals surface area contributed by atoms with Crippen LogP contribution in [0.1, 0.15) is 36.0 Å². The molecule has 1 N–H and O–H groups in total. The number of hydrogen-bond donors (Lipinski definition) is 1. The maximum absolute atomic E-state index is 11.9. The molecule has 0 aromatic heterocycles. The molecule has 1 aromatic rings. The predicted molar refractivity (Wildman–Crippen MR) is 75.5 cm³/mol. The summed E-state index contributed by atoms with van der Waals surface area (Å²) in [5.74, 6) is 0.316. The van der Waals surface area contributed by atoms with E-state index >= 15 is 0 Å². The molecule has 1 aromatic carbocycles. The summed E-state index contributed by atoms with van der Waals surface area (Å²) in [7, 11) is 0. The molecule has 0 spiro atoms. The number of benzene rings is 1. The highest BCUT2D eigenvalue weighted by atomic mass is 16.2. The second-order valence-electron chi connectivity index (χ2n) is 6.06. The molecule has 3 aliphatic heterocycles. The van der Waals surface area contributed by atoms with Crippen LogP contribution in [-0.4, -0.2) is 25.0 Å². The molecule has 100 valence electrons. The third-order valence-corrected chi connectivity index (χ3v) is 4.76. The SMILES string of the molecule is O=C1CCc2cc(CC3CCCN3)cc3c2N1CC3. The van der Waals surface area contributed by atoms with Gasteiger partial charge in [-0.1, -0.05) is 12.1 Å². The van der Waals surface area contributed by atoms with Gasteiger partial charge in [-0.2, -0.15) is 0 Å². The molecule has 1 fully saturated rings. The van der Waals surface area contributed by atoms with E-state index in [2.05, 4.69) is 17.4 Å². The van der Waals surface area contributed by atoms with E-state index in [-0.39, 0.29) is 0 Å². The standard InChI is InChI=1S/C16H20N2O/c19-15-4-3-12-8-11(10-14-2-1-6-17-14)9-13-5-7-18(15)16(12)13/h8-9,14,17H,1-7,10H2. The van der Waals surface area contributed by atoms with Crippen LogP contribution >= 0.6 is 0 Å². The van der Waals surface area contributed by atoms with Gasteiger partial charge in [-0.3, -0.25) is 4.79 Å². The van der Waals surface area contributed by atoms with Gasteiger partial charge in [0.1, 0.15) is 0 Å². The van der Waals surface area contributed by atoms with Crippen LogP contribution < -0.4 is 10.2 Å². The number of carbonyl (C=O) groups excluding carboxylic acids is 1. The Morgan fingerprint density at radius 2 is 2.05 bits per heavy atom. The number of anilines is 1. The van der Waals surface area contributed by atoms with Crippen molar-refractivity contribution < 1.29 is 4.79 Å². The number of rotatable bonds is 2.